The van der Waals surface area contributed by atoms with Gasteiger partial charge in [-0.2, -0.15) is 0 Å². The fourth-order valence-corrected chi connectivity index (χ4v) is 5.26. The van der Waals surface area contributed by atoms with E-state index in [1.807, 2.05) is 0 Å². The van der Waals surface area contributed by atoms with E-state index in [0.717, 1.165) is 35.9 Å². The zero-order chi connectivity index (χ0) is 14.3. The summed E-state index contributed by atoms with van der Waals surface area (Å²) in [5.41, 5.74) is 0. The molecule has 0 aromatic heterocycles. The number of rotatable bonds is 2. The molecule has 3 aliphatic rings. The van der Waals surface area contributed by atoms with Gasteiger partial charge in [0.15, 0.2) is 0 Å². The molecule has 1 aliphatic carbocycles. The zero-order valence-electron chi connectivity index (χ0n) is 14.0. The van der Waals surface area contributed by atoms with Gasteiger partial charge < -0.3 is 0 Å². The van der Waals surface area contributed by atoms with Crippen molar-refractivity contribution >= 4 is 0 Å². The van der Waals surface area contributed by atoms with Gasteiger partial charge in [0.2, 0.25) is 0 Å². The molecular formula is C18H34N2. The Labute approximate surface area is 125 Å². The van der Waals surface area contributed by atoms with E-state index < -0.39 is 0 Å². The van der Waals surface area contributed by atoms with Gasteiger partial charge in [0.05, 0.1) is 0 Å². The maximum atomic E-state index is 2.95. The highest BCUT2D eigenvalue weighted by molar-refractivity contribution is 4.97. The molecule has 0 N–H and O–H groups in total. The molecule has 2 saturated heterocycles. The smallest absolute Gasteiger partial charge is 0.0249 e. The lowest BCUT2D eigenvalue weighted by atomic mass is 9.78. The highest BCUT2D eigenvalue weighted by Crippen LogP contribution is 2.36. The molecule has 0 radical (unpaired) electrons. The standard InChI is InChI=1S/C18H34N2/c1-13(2)18-12-19-7-5-6-16(19)11-20(18)17-9-14(3)8-15(4)10-17/h13-18H,5-12H2,1-4H3. The highest BCUT2D eigenvalue weighted by atomic mass is 15.3. The van der Waals surface area contributed by atoms with Crippen LogP contribution in [-0.2, 0) is 0 Å². The van der Waals surface area contributed by atoms with E-state index in [-0.39, 0.29) is 0 Å². The maximum Gasteiger partial charge on any atom is 0.0249 e. The Morgan fingerprint density at radius 2 is 1.60 bits per heavy atom. The number of piperazine rings is 1. The zero-order valence-corrected chi connectivity index (χ0v) is 14.0. The Hall–Kier alpha value is -0.0800. The summed E-state index contributed by atoms with van der Waals surface area (Å²) in [7, 11) is 0. The first kappa shape index (κ1) is 14.8. The van der Waals surface area contributed by atoms with Gasteiger partial charge in [-0.15, -0.1) is 0 Å². The van der Waals surface area contributed by atoms with E-state index in [4.69, 9.17) is 0 Å². The summed E-state index contributed by atoms with van der Waals surface area (Å²) >= 11 is 0. The number of nitrogens with zero attached hydrogens (tertiary/aromatic N) is 2. The molecule has 3 fully saturated rings. The Morgan fingerprint density at radius 1 is 0.900 bits per heavy atom. The van der Waals surface area contributed by atoms with Crippen LogP contribution >= 0.6 is 0 Å². The van der Waals surface area contributed by atoms with Gasteiger partial charge >= 0.3 is 0 Å². The Morgan fingerprint density at radius 3 is 2.25 bits per heavy atom. The summed E-state index contributed by atoms with van der Waals surface area (Å²) < 4.78 is 0. The van der Waals surface area contributed by atoms with Gasteiger partial charge in [-0.05, 0) is 56.4 Å². The van der Waals surface area contributed by atoms with Crippen LogP contribution in [0.2, 0.25) is 0 Å². The second-order valence-corrected chi connectivity index (χ2v) is 8.37. The first-order valence-corrected chi connectivity index (χ1v) is 9.04. The van der Waals surface area contributed by atoms with Gasteiger partial charge in [-0.1, -0.05) is 27.7 Å². The average Bonchev–Trinajstić information content (AvgIpc) is 2.83. The largest absolute Gasteiger partial charge is 0.298 e. The van der Waals surface area contributed by atoms with Gasteiger partial charge in [0.25, 0.3) is 0 Å². The second-order valence-electron chi connectivity index (χ2n) is 8.37. The van der Waals surface area contributed by atoms with E-state index in [1.54, 1.807) is 0 Å². The summed E-state index contributed by atoms with van der Waals surface area (Å²) in [4.78, 5) is 5.74. The van der Waals surface area contributed by atoms with Gasteiger partial charge in [0.1, 0.15) is 0 Å². The van der Waals surface area contributed by atoms with Gasteiger partial charge in [0, 0.05) is 31.2 Å². The van der Waals surface area contributed by atoms with Crippen LogP contribution in [0, 0.1) is 17.8 Å². The minimum Gasteiger partial charge on any atom is -0.298 e. The van der Waals surface area contributed by atoms with Crippen molar-refractivity contribution in [2.24, 2.45) is 17.8 Å². The fraction of sp³-hybridized carbons (Fsp3) is 1.00. The van der Waals surface area contributed by atoms with Crippen molar-refractivity contribution < 1.29 is 0 Å². The molecule has 1 saturated carbocycles. The molecule has 0 aromatic carbocycles. The van der Waals surface area contributed by atoms with Crippen LogP contribution in [0.1, 0.15) is 59.8 Å². The molecule has 2 heterocycles. The monoisotopic (exact) mass is 278 g/mol. The van der Waals surface area contributed by atoms with Crippen LogP contribution in [-0.4, -0.2) is 47.6 Å². The molecule has 0 bridgehead atoms. The quantitative estimate of drug-likeness (QED) is 0.761. The van der Waals surface area contributed by atoms with E-state index in [9.17, 15) is 0 Å². The summed E-state index contributed by atoms with van der Waals surface area (Å²) in [6.07, 6.45) is 7.22. The van der Waals surface area contributed by atoms with Crippen molar-refractivity contribution in [1.82, 2.24) is 9.80 Å². The first-order chi connectivity index (χ1) is 9.54. The molecule has 2 aliphatic heterocycles. The van der Waals surface area contributed by atoms with Crippen LogP contribution in [0.5, 0.6) is 0 Å². The minimum atomic E-state index is 0.795. The van der Waals surface area contributed by atoms with Crippen molar-refractivity contribution in [2.75, 3.05) is 19.6 Å². The van der Waals surface area contributed by atoms with Crippen molar-refractivity contribution in [3.8, 4) is 0 Å². The maximum absolute atomic E-state index is 2.95. The third-order valence-corrected chi connectivity index (χ3v) is 6.16. The molecule has 3 rings (SSSR count). The Bertz CT molecular complexity index is 317. The molecule has 4 atom stereocenters. The van der Waals surface area contributed by atoms with Crippen LogP contribution < -0.4 is 0 Å². The van der Waals surface area contributed by atoms with Crippen LogP contribution in [0.3, 0.4) is 0 Å². The number of hydrogen-bond acceptors (Lipinski definition) is 2. The lowest BCUT2D eigenvalue weighted by molar-refractivity contribution is -0.0219. The predicted molar refractivity (Wildman–Crippen MR) is 85.9 cm³/mol. The number of hydrogen-bond donors (Lipinski definition) is 0. The summed E-state index contributed by atoms with van der Waals surface area (Å²) in [6.45, 7) is 13.9. The highest BCUT2D eigenvalue weighted by Gasteiger charge is 2.41. The third-order valence-electron chi connectivity index (χ3n) is 6.16. The minimum absolute atomic E-state index is 0.795. The number of fused-ring (bicyclic) bond motifs is 1. The van der Waals surface area contributed by atoms with Crippen LogP contribution in [0.4, 0.5) is 0 Å². The molecule has 0 aromatic rings. The molecule has 4 unspecified atom stereocenters. The average molecular weight is 278 g/mol. The summed E-state index contributed by atoms with van der Waals surface area (Å²) in [6, 6.07) is 2.54. The van der Waals surface area contributed by atoms with E-state index in [0.29, 0.717) is 0 Å². The Kier molecular flexibility index (Phi) is 4.42. The topological polar surface area (TPSA) is 6.48 Å². The molecule has 2 nitrogen and oxygen atoms in total. The van der Waals surface area contributed by atoms with Crippen molar-refractivity contribution in [3.05, 3.63) is 0 Å². The predicted octanol–water partition coefficient (Wildman–Crippen LogP) is 3.62. The normalized spacial score (nSPS) is 44.0. The molecule has 116 valence electrons. The van der Waals surface area contributed by atoms with Crippen molar-refractivity contribution in [1.29, 1.82) is 0 Å². The molecule has 0 spiro atoms. The molecule has 20 heavy (non-hydrogen) atoms. The second kappa shape index (κ2) is 5.96. The van der Waals surface area contributed by atoms with Crippen molar-refractivity contribution in [3.63, 3.8) is 0 Å². The lowest BCUT2D eigenvalue weighted by Gasteiger charge is -2.51. The van der Waals surface area contributed by atoms with Crippen molar-refractivity contribution in [2.45, 2.75) is 77.9 Å². The molecule has 2 heteroatoms. The van der Waals surface area contributed by atoms with E-state index in [1.165, 1.54) is 51.7 Å². The SMILES string of the molecule is CC1CC(C)CC(N2CC3CCCN3CC2C(C)C)C1. The van der Waals surface area contributed by atoms with E-state index in [2.05, 4.69) is 37.5 Å². The van der Waals surface area contributed by atoms with Gasteiger partial charge in [-0.25, -0.2) is 0 Å². The first-order valence-electron chi connectivity index (χ1n) is 9.04. The van der Waals surface area contributed by atoms with Gasteiger partial charge in [-0.3, -0.25) is 9.80 Å². The third kappa shape index (κ3) is 2.92. The van der Waals surface area contributed by atoms with Crippen LogP contribution in [0.25, 0.3) is 0 Å². The fourth-order valence-electron chi connectivity index (χ4n) is 5.26. The molecular weight excluding hydrogens is 244 g/mol. The summed E-state index contributed by atoms with van der Waals surface area (Å²) in [5, 5.41) is 0. The van der Waals surface area contributed by atoms with E-state index >= 15 is 0 Å². The summed E-state index contributed by atoms with van der Waals surface area (Å²) in [5.74, 6) is 2.65. The Balaban J connectivity index is 1.74. The lowest BCUT2D eigenvalue weighted by Crippen LogP contribution is -2.61. The van der Waals surface area contributed by atoms with Crippen LogP contribution in [0.15, 0.2) is 0 Å². The molecule has 0 amide bonds.